The van der Waals surface area contributed by atoms with Gasteiger partial charge in [-0.3, -0.25) is 9.69 Å². The van der Waals surface area contributed by atoms with Crippen molar-refractivity contribution in [2.45, 2.75) is 0 Å². The Bertz CT molecular complexity index is 458. The fourth-order valence-corrected chi connectivity index (χ4v) is 2.45. The molecule has 19 heavy (non-hydrogen) atoms. The van der Waals surface area contributed by atoms with Gasteiger partial charge >= 0.3 is 6.03 Å². The fraction of sp³-hybridized carbons (Fsp3) is 0.286. The molecule has 1 aliphatic heterocycles. The number of carbonyl (C=O) groups excluding carboxylic acids is 2. The highest BCUT2D eigenvalue weighted by molar-refractivity contribution is 7.99. The zero-order chi connectivity index (χ0) is 13.5. The molecule has 1 heterocycles. The van der Waals surface area contributed by atoms with Crippen LogP contribution in [0.3, 0.4) is 0 Å². The van der Waals surface area contributed by atoms with E-state index in [2.05, 4.69) is 29.6 Å². The van der Waals surface area contributed by atoms with Crippen LogP contribution in [0.1, 0.15) is 5.56 Å². The second-order valence-corrected chi connectivity index (χ2v) is 5.24. The second kappa shape index (κ2) is 6.99. The number of carbonyl (C=O) groups is 2. The molecule has 0 saturated carbocycles. The lowest BCUT2D eigenvalue weighted by molar-refractivity contribution is -0.124. The molecular formula is C14H16N2O2S. The Morgan fingerprint density at radius 1 is 1.26 bits per heavy atom. The maximum absolute atomic E-state index is 11.3. The molecule has 1 fully saturated rings. The summed E-state index contributed by atoms with van der Waals surface area (Å²) >= 11 is 1.70. The van der Waals surface area contributed by atoms with Crippen molar-refractivity contribution in [3.8, 4) is 0 Å². The Hall–Kier alpha value is -1.75. The first-order valence-corrected chi connectivity index (χ1v) is 7.30. The summed E-state index contributed by atoms with van der Waals surface area (Å²) in [5.74, 6) is 1.50. The monoisotopic (exact) mass is 276 g/mol. The minimum Gasteiger partial charge on any atom is -0.329 e. The van der Waals surface area contributed by atoms with E-state index in [1.54, 1.807) is 11.8 Å². The first-order valence-electron chi connectivity index (χ1n) is 6.15. The lowest BCUT2D eigenvalue weighted by atomic mass is 10.2. The fourth-order valence-electron chi connectivity index (χ4n) is 1.74. The van der Waals surface area contributed by atoms with Gasteiger partial charge in [-0.2, -0.15) is 11.8 Å². The zero-order valence-corrected chi connectivity index (χ0v) is 11.4. The van der Waals surface area contributed by atoms with Crippen LogP contribution in [0.15, 0.2) is 36.4 Å². The summed E-state index contributed by atoms with van der Waals surface area (Å²) in [6.45, 7) is 0.617. The average Bonchev–Trinajstić information content (AvgIpc) is 2.75. The van der Waals surface area contributed by atoms with Gasteiger partial charge in [0.05, 0.1) is 6.54 Å². The predicted octanol–water partition coefficient (Wildman–Crippen LogP) is 1.98. The summed E-state index contributed by atoms with van der Waals surface area (Å²) in [5, 5.41) is 2.51. The van der Waals surface area contributed by atoms with Crippen molar-refractivity contribution in [3.05, 3.63) is 42.0 Å². The number of nitrogens with one attached hydrogen (secondary N) is 1. The van der Waals surface area contributed by atoms with E-state index >= 15 is 0 Å². The van der Waals surface area contributed by atoms with E-state index in [1.807, 2.05) is 18.2 Å². The van der Waals surface area contributed by atoms with Gasteiger partial charge in [0.2, 0.25) is 5.91 Å². The average molecular weight is 276 g/mol. The zero-order valence-electron chi connectivity index (χ0n) is 10.5. The van der Waals surface area contributed by atoms with Gasteiger partial charge in [0.1, 0.15) is 0 Å². The highest BCUT2D eigenvalue weighted by Gasteiger charge is 2.27. The van der Waals surface area contributed by atoms with Crippen LogP contribution in [-0.4, -0.2) is 41.4 Å². The number of amides is 3. The molecule has 0 unspecified atom stereocenters. The number of nitrogens with zero attached hydrogens (tertiary/aromatic N) is 1. The molecule has 1 aromatic carbocycles. The first kappa shape index (κ1) is 13.7. The quantitative estimate of drug-likeness (QED) is 0.638. The van der Waals surface area contributed by atoms with E-state index in [0.717, 1.165) is 11.5 Å². The number of benzene rings is 1. The highest BCUT2D eigenvalue weighted by Crippen LogP contribution is 2.07. The summed E-state index contributed by atoms with van der Waals surface area (Å²) in [6.07, 6.45) is 4.16. The molecule has 4 nitrogen and oxygen atoms in total. The third-order valence-electron chi connectivity index (χ3n) is 2.72. The van der Waals surface area contributed by atoms with Crippen LogP contribution in [0.2, 0.25) is 0 Å². The molecule has 0 aliphatic carbocycles. The summed E-state index contributed by atoms with van der Waals surface area (Å²) < 4.78 is 0. The van der Waals surface area contributed by atoms with Crippen LogP contribution in [0, 0.1) is 0 Å². The summed E-state index contributed by atoms with van der Waals surface area (Å²) in [4.78, 5) is 23.8. The molecule has 5 heteroatoms. The minimum absolute atomic E-state index is 0.134. The van der Waals surface area contributed by atoms with Crippen molar-refractivity contribution >= 4 is 29.8 Å². The van der Waals surface area contributed by atoms with Crippen molar-refractivity contribution in [3.63, 3.8) is 0 Å². The van der Waals surface area contributed by atoms with E-state index in [4.69, 9.17) is 0 Å². The standard InChI is InChI=1S/C14H16N2O2S/c17-13-11-15-14(18)16(13)8-10-19-9-4-7-12-5-2-1-3-6-12/h1-7H,8-11H2,(H,15,18). The Kier molecular flexibility index (Phi) is 5.03. The molecule has 1 aromatic rings. The van der Waals surface area contributed by atoms with Crippen LogP contribution in [0.5, 0.6) is 0 Å². The van der Waals surface area contributed by atoms with Gasteiger partial charge in [-0.1, -0.05) is 42.5 Å². The summed E-state index contributed by atoms with van der Waals surface area (Å²) in [6, 6.07) is 9.83. The van der Waals surface area contributed by atoms with Crippen molar-refractivity contribution in [2.24, 2.45) is 0 Å². The molecule has 100 valence electrons. The number of imide groups is 1. The largest absolute Gasteiger partial charge is 0.329 e. The molecule has 0 spiro atoms. The molecule has 1 saturated heterocycles. The topological polar surface area (TPSA) is 49.4 Å². The Morgan fingerprint density at radius 3 is 2.74 bits per heavy atom. The van der Waals surface area contributed by atoms with Gasteiger partial charge in [0, 0.05) is 18.1 Å². The van der Waals surface area contributed by atoms with Crippen LogP contribution < -0.4 is 5.32 Å². The lowest BCUT2D eigenvalue weighted by Gasteiger charge is -2.10. The van der Waals surface area contributed by atoms with Crippen molar-refractivity contribution in [1.82, 2.24) is 10.2 Å². The highest BCUT2D eigenvalue weighted by atomic mass is 32.2. The number of hydrogen-bond donors (Lipinski definition) is 1. The van der Waals surface area contributed by atoms with E-state index in [0.29, 0.717) is 6.54 Å². The van der Waals surface area contributed by atoms with Gasteiger partial charge in [-0.25, -0.2) is 4.79 Å². The van der Waals surface area contributed by atoms with E-state index in [1.165, 1.54) is 10.5 Å². The molecule has 1 aliphatic rings. The van der Waals surface area contributed by atoms with Crippen LogP contribution >= 0.6 is 11.8 Å². The second-order valence-electron chi connectivity index (χ2n) is 4.09. The first-order chi connectivity index (χ1) is 9.27. The third-order valence-corrected chi connectivity index (χ3v) is 3.62. The van der Waals surface area contributed by atoms with E-state index in [-0.39, 0.29) is 18.5 Å². The molecule has 3 amide bonds. The van der Waals surface area contributed by atoms with Crippen LogP contribution in [0.25, 0.3) is 6.08 Å². The SMILES string of the molecule is O=C1CNC(=O)N1CCSCC=Cc1ccccc1. The molecule has 0 aromatic heterocycles. The number of thioether (sulfide) groups is 1. The van der Waals surface area contributed by atoms with E-state index in [9.17, 15) is 9.59 Å². The summed E-state index contributed by atoms with van der Waals surface area (Å²) in [7, 11) is 0. The van der Waals surface area contributed by atoms with Gasteiger partial charge in [0.15, 0.2) is 0 Å². The van der Waals surface area contributed by atoms with Crippen LogP contribution in [-0.2, 0) is 4.79 Å². The van der Waals surface area contributed by atoms with Gasteiger partial charge in [-0.05, 0) is 5.56 Å². The van der Waals surface area contributed by atoms with E-state index < -0.39 is 0 Å². The number of urea groups is 1. The Balaban J connectivity index is 1.64. The molecule has 0 radical (unpaired) electrons. The number of hydrogen-bond acceptors (Lipinski definition) is 3. The van der Waals surface area contributed by atoms with Crippen LogP contribution in [0.4, 0.5) is 4.79 Å². The lowest BCUT2D eigenvalue weighted by Crippen LogP contribution is -2.32. The maximum Gasteiger partial charge on any atom is 0.324 e. The minimum atomic E-state index is -0.273. The van der Waals surface area contributed by atoms with Crippen molar-refractivity contribution in [1.29, 1.82) is 0 Å². The third kappa shape index (κ3) is 4.13. The molecule has 2 rings (SSSR count). The molecular weight excluding hydrogens is 260 g/mol. The van der Waals surface area contributed by atoms with Crippen molar-refractivity contribution in [2.75, 3.05) is 24.6 Å². The Labute approximate surface area is 116 Å². The van der Waals surface area contributed by atoms with Gasteiger partial charge < -0.3 is 5.32 Å². The predicted molar refractivity (Wildman–Crippen MR) is 77.9 cm³/mol. The Morgan fingerprint density at radius 2 is 2.05 bits per heavy atom. The van der Waals surface area contributed by atoms with Gasteiger partial charge in [0.25, 0.3) is 0 Å². The van der Waals surface area contributed by atoms with Gasteiger partial charge in [-0.15, -0.1) is 0 Å². The molecule has 0 atom stereocenters. The number of rotatable bonds is 6. The maximum atomic E-state index is 11.3. The smallest absolute Gasteiger partial charge is 0.324 e. The molecule has 1 N–H and O–H groups in total. The normalized spacial score (nSPS) is 15.3. The molecule has 0 bridgehead atoms. The van der Waals surface area contributed by atoms with Crippen molar-refractivity contribution < 1.29 is 9.59 Å². The summed E-state index contributed by atoms with van der Waals surface area (Å²) in [5.41, 5.74) is 1.18.